The average molecular weight is 355 g/mol. The van der Waals surface area contributed by atoms with Crippen molar-refractivity contribution in [2.45, 2.75) is 31.4 Å². The van der Waals surface area contributed by atoms with Gasteiger partial charge in [-0.05, 0) is 18.9 Å². The first-order valence-electron chi connectivity index (χ1n) is 7.89. The quantitative estimate of drug-likeness (QED) is 0.765. The van der Waals surface area contributed by atoms with Crippen LogP contribution in [0.15, 0.2) is 12.3 Å². The molecule has 0 bridgehead atoms. The first-order chi connectivity index (χ1) is 11.6. The van der Waals surface area contributed by atoms with Gasteiger partial charge in [-0.3, -0.25) is 4.79 Å². The Balaban J connectivity index is 1.73. The molecule has 0 aliphatic carbocycles. The second-order valence-corrected chi connectivity index (χ2v) is 6.20. The number of aromatic nitrogens is 1. The molecule has 0 aromatic carbocycles. The lowest BCUT2D eigenvalue weighted by Gasteiger charge is -2.22. The number of hydrogen-bond donors (Lipinski definition) is 0. The van der Waals surface area contributed by atoms with E-state index in [9.17, 15) is 9.59 Å². The zero-order chi connectivity index (χ0) is 17.1. The number of pyridine rings is 1. The van der Waals surface area contributed by atoms with Crippen molar-refractivity contribution in [3.8, 4) is 5.88 Å². The van der Waals surface area contributed by atoms with Gasteiger partial charge in [0, 0.05) is 19.2 Å². The molecule has 2 fully saturated rings. The SMILES string of the molecule is COC(=O)C1CCCN1C(=O)c1cnc(OC2CCOC2)c(Cl)c1. The lowest BCUT2D eigenvalue weighted by atomic mass is 10.2. The molecule has 1 aromatic rings. The Morgan fingerprint density at radius 3 is 2.92 bits per heavy atom. The number of hydrogen-bond acceptors (Lipinski definition) is 6. The van der Waals surface area contributed by atoms with E-state index in [0.717, 1.165) is 12.8 Å². The Hall–Kier alpha value is -1.86. The van der Waals surface area contributed by atoms with Crippen LogP contribution in [0.4, 0.5) is 0 Å². The lowest BCUT2D eigenvalue weighted by Crippen LogP contribution is -2.41. The number of ether oxygens (including phenoxy) is 3. The minimum Gasteiger partial charge on any atom is -0.471 e. The van der Waals surface area contributed by atoms with Gasteiger partial charge in [-0.25, -0.2) is 9.78 Å². The van der Waals surface area contributed by atoms with Crippen molar-refractivity contribution >= 4 is 23.5 Å². The molecule has 24 heavy (non-hydrogen) atoms. The van der Waals surface area contributed by atoms with E-state index in [1.165, 1.54) is 24.3 Å². The highest BCUT2D eigenvalue weighted by Crippen LogP contribution is 2.27. The lowest BCUT2D eigenvalue weighted by molar-refractivity contribution is -0.145. The molecule has 130 valence electrons. The first kappa shape index (κ1) is 17.0. The minimum atomic E-state index is -0.548. The fourth-order valence-corrected chi connectivity index (χ4v) is 3.16. The highest BCUT2D eigenvalue weighted by atomic mass is 35.5. The molecular formula is C16H19ClN2O5. The molecule has 7 nitrogen and oxygen atoms in total. The Bertz CT molecular complexity index is 633. The summed E-state index contributed by atoms with van der Waals surface area (Å²) >= 11 is 6.19. The summed E-state index contributed by atoms with van der Waals surface area (Å²) in [6, 6.07) is 0.974. The average Bonchev–Trinajstić information content (AvgIpc) is 3.26. The van der Waals surface area contributed by atoms with Gasteiger partial charge in [0.15, 0.2) is 0 Å². The number of halogens is 1. The van der Waals surface area contributed by atoms with Crippen molar-refractivity contribution in [1.82, 2.24) is 9.88 Å². The van der Waals surface area contributed by atoms with Gasteiger partial charge in [-0.2, -0.15) is 0 Å². The van der Waals surface area contributed by atoms with Gasteiger partial charge in [0.25, 0.3) is 5.91 Å². The van der Waals surface area contributed by atoms with E-state index < -0.39 is 12.0 Å². The van der Waals surface area contributed by atoms with E-state index in [-0.39, 0.29) is 22.9 Å². The largest absolute Gasteiger partial charge is 0.471 e. The number of rotatable bonds is 4. The topological polar surface area (TPSA) is 78.0 Å². The molecule has 2 aliphatic heterocycles. The van der Waals surface area contributed by atoms with Crippen LogP contribution in [0.1, 0.15) is 29.6 Å². The molecule has 2 saturated heterocycles. The highest BCUT2D eigenvalue weighted by molar-refractivity contribution is 6.32. The number of likely N-dealkylation sites (tertiary alicyclic amines) is 1. The standard InChI is InChI=1S/C16H19ClN2O5/c1-22-16(21)13-3-2-5-19(13)15(20)10-7-12(17)14(18-8-10)24-11-4-6-23-9-11/h7-8,11,13H,2-6,9H2,1H3. The third-order valence-corrected chi connectivity index (χ3v) is 4.48. The van der Waals surface area contributed by atoms with Crippen molar-refractivity contribution in [1.29, 1.82) is 0 Å². The van der Waals surface area contributed by atoms with Crippen LogP contribution in [-0.4, -0.2) is 60.8 Å². The Morgan fingerprint density at radius 2 is 2.25 bits per heavy atom. The predicted octanol–water partition coefficient (Wildman–Crippen LogP) is 1.68. The highest BCUT2D eigenvalue weighted by Gasteiger charge is 2.35. The summed E-state index contributed by atoms with van der Waals surface area (Å²) in [6.07, 6.45) is 3.50. The van der Waals surface area contributed by atoms with E-state index in [1.807, 2.05) is 0 Å². The van der Waals surface area contributed by atoms with Crippen molar-refractivity contribution in [2.24, 2.45) is 0 Å². The maximum atomic E-state index is 12.6. The molecule has 8 heteroatoms. The molecular weight excluding hydrogens is 336 g/mol. The molecule has 2 aliphatic rings. The van der Waals surface area contributed by atoms with Crippen molar-refractivity contribution < 1.29 is 23.8 Å². The molecule has 1 aromatic heterocycles. The van der Waals surface area contributed by atoms with Crippen molar-refractivity contribution in [3.05, 3.63) is 22.8 Å². The number of amides is 1. The number of esters is 1. The minimum absolute atomic E-state index is 0.0705. The van der Waals surface area contributed by atoms with Gasteiger partial charge in [0.1, 0.15) is 17.2 Å². The van der Waals surface area contributed by atoms with Gasteiger partial charge in [-0.15, -0.1) is 0 Å². The van der Waals surface area contributed by atoms with Crippen LogP contribution in [0.5, 0.6) is 5.88 Å². The maximum absolute atomic E-state index is 12.6. The Morgan fingerprint density at radius 1 is 1.42 bits per heavy atom. The summed E-state index contributed by atoms with van der Waals surface area (Å²) in [7, 11) is 1.32. The van der Waals surface area contributed by atoms with Crippen LogP contribution in [0, 0.1) is 0 Å². The third-order valence-electron chi connectivity index (χ3n) is 4.21. The summed E-state index contributed by atoms with van der Waals surface area (Å²) in [5.74, 6) is -0.399. The first-order valence-corrected chi connectivity index (χ1v) is 8.26. The summed E-state index contributed by atoms with van der Waals surface area (Å²) in [5.41, 5.74) is 0.325. The fraction of sp³-hybridized carbons (Fsp3) is 0.562. The second kappa shape index (κ2) is 7.36. The normalized spacial score (nSPS) is 23.3. The van der Waals surface area contributed by atoms with Crippen molar-refractivity contribution in [3.63, 3.8) is 0 Å². The van der Waals surface area contributed by atoms with Crippen molar-refractivity contribution in [2.75, 3.05) is 26.9 Å². The van der Waals surface area contributed by atoms with Gasteiger partial charge >= 0.3 is 5.97 Å². The molecule has 1 amide bonds. The van der Waals surface area contributed by atoms with Gasteiger partial charge in [0.2, 0.25) is 5.88 Å². The molecule has 3 heterocycles. The molecule has 0 spiro atoms. The van der Waals surface area contributed by atoms with Gasteiger partial charge in [-0.1, -0.05) is 11.6 Å². The van der Waals surface area contributed by atoms with E-state index in [4.69, 9.17) is 25.8 Å². The van der Waals surface area contributed by atoms with E-state index in [0.29, 0.717) is 31.7 Å². The van der Waals surface area contributed by atoms with E-state index >= 15 is 0 Å². The summed E-state index contributed by atoms with van der Waals surface area (Å²) in [6.45, 7) is 1.67. The van der Waals surface area contributed by atoms with Crippen LogP contribution in [-0.2, 0) is 14.3 Å². The maximum Gasteiger partial charge on any atom is 0.328 e. The smallest absolute Gasteiger partial charge is 0.328 e. The Labute approximate surface area is 144 Å². The van der Waals surface area contributed by atoms with Gasteiger partial charge in [0.05, 0.1) is 25.9 Å². The Kier molecular flexibility index (Phi) is 5.20. The zero-order valence-corrected chi connectivity index (χ0v) is 14.1. The number of methoxy groups -OCH3 is 1. The van der Waals surface area contributed by atoms with Crippen LogP contribution in [0.3, 0.4) is 0 Å². The van der Waals surface area contributed by atoms with Crippen LogP contribution < -0.4 is 4.74 Å². The van der Waals surface area contributed by atoms with Crippen LogP contribution in [0.2, 0.25) is 5.02 Å². The molecule has 0 saturated carbocycles. The molecule has 0 N–H and O–H groups in total. The summed E-state index contributed by atoms with van der Waals surface area (Å²) in [4.78, 5) is 30.1. The second-order valence-electron chi connectivity index (χ2n) is 5.79. The molecule has 2 atom stereocenters. The third kappa shape index (κ3) is 3.47. The summed E-state index contributed by atoms with van der Waals surface area (Å²) < 4.78 is 15.7. The molecule has 3 rings (SSSR count). The van der Waals surface area contributed by atoms with E-state index in [2.05, 4.69) is 4.98 Å². The van der Waals surface area contributed by atoms with Crippen LogP contribution in [0.25, 0.3) is 0 Å². The fourth-order valence-electron chi connectivity index (χ4n) is 2.95. The molecule has 0 radical (unpaired) electrons. The zero-order valence-electron chi connectivity index (χ0n) is 13.4. The number of carbonyl (C=O) groups excluding carboxylic acids is 2. The number of nitrogens with zero attached hydrogens (tertiary/aromatic N) is 2. The predicted molar refractivity (Wildman–Crippen MR) is 85.2 cm³/mol. The summed E-state index contributed by atoms with van der Waals surface area (Å²) in [5, 5.41) is 0.265. The van der Waals surface area contributed by atoms with Crippen LogP contribution >= 0.6 is 11.6 Å². The monoisotopic (exact) mass is 354 g/mol. The number of carbonyl (C=O) groups is 2. The van der Waals surface area contributed by atoms with E-state index in [1.54, 1.807) is 0 Å². The molecule has 2 unspecified atom stereocenters. The van der Waals surface area contributed by atoms with Gasteiger partial charge < -0.3 is 19.1 Å².